The number of hydrogen-bond acceptors (Lipinski definition) is 1. The van der Waals surface area contributed by atoms with Crippen molar-refractivity contribution in [1.29, 1.82) is 0 Å². The molecule has 0 aliphatic rings. The number of aryl methyl sites for hydroxylation is 2. The lowest BCUT2D eigenvalue weighted by molar-refractivity contribution is 0.648. The highest BCUT2D eigenvalue weighted by Crippen LogP contribution is 2.20. The molecule has 0 spiro atoms. The monoisotopic (exact) mass is 203 g/mol. The summed E-state index contributed by atoms with van der Waals surface area (Å²) in [6.45, 7) is 10.2. The second-order valence-corrected chi connectivity index (χ2v) is 4.52. The molecule has 1 aromatic rings. The van der Waals surface area contributed by atoms with Crippen LogP contribution in [0.5, 0.6) is 0 Å². The van der Waals surface area contributed by atoms with Gasteiger partial charge in [-0.3, -0.25) is 0 Å². The molecule has 1 aromatic carbocycles. The maximum absolute atomic E-state index is 6.14. The normalized spacial score (nSPS) is 12.5. The van der Waals surface area contributed by atoms with Crippen molar-refractivity contribution in [2.24, 2.45) is 5.73 Å². The zero-order valence-electron chi connectivity index (χ0n) is 10.0. The minimum Gasteiger partial charge on any atom is -0.324 e. The number of hydrogen-bond donors (Lipinski definition) is 1. The summed E-state index contributed by atoms with van der Waals surface area (Å²) in [6, 6.07) is 6.67. The Labute approximate surface area is 93.0 Å². The summed E-state index contributed by atoms with van der Waals surface area (Å²) in [4.78, 5) is 0. The van der Waals surface area contributed by atoms with Gasteiger partial charge in [-0.25, -0.2) is 0 Å². The van der Waals surface area contributed by atoms with Gasteiger partial charge < -0.3 is 5.73 Å². The van der Waals surface area contributed by atoms with Crippen LogP contribution in [0.25, 0.3) is 0 Å². The van der Waals surface area contributed by atoms with Crippen LogP contribution >= 0.6 is 0 Å². The zero-order valence-corrected chi connectivity index (χ0v) is 10.0. The molecule has 0 heterocycles. The van der Waals surface area contributed by atoms with Gasteiger partial charge in [-0.2, -0.15) is 0 Å². The molecule has 0 aliphatic carbocycles. The summed E-state index contributed by atoms with van der Waals surface area (Å²) in [7, 11) is 0. The standard InChI is InChI=1S/C14H21N/c1-10(2)5-6-14(15)13-8-11(3)7-12(4)9-13/h7-9,14H,1,5-6,15H2,2-4H3. The second kappa shape index (κ2) is 5.13. The van der Waals surface area contributed by atoms with Gasteiger partial charge >= 0.3 is 0 Å². The summed E-state index contributed by atoms with van der Waals surface area (Å²) < 4.78 is 0. The maximum Gasteiger partial charge on any atom is 0.0298 e. The molecule has 82 valence electrons. The third-order valence-corrected chi connectivity index (χ3v) is 2.55. The van der Waals surface area contributed by atoms with Crippen molar-refractivity contribution in [3.8, 4) is 0 Å². The fourth-order valence-electron chi connectivity index (χ4n) is 1.79. The average molecular weight is 203 g/mol. The lowest BCUT2D eigenvalue weighted by Crippen LogP contribution is -2.10. The molecular formula is C14H21N. The molecule has 1 heteroatoms. The van der Waals surface area contributed by atoms with Gasteiger partial charge in [-0.05, 0) is 39.2 Å². The van der Waals surface area contributed by atoms with Crippen molar-refractivity contribution in [3.63, 3.8) is 0 Å². The van der Waals surface area contributed by atoms with Crippen LogP contribution in [-0.4, -0.2) is 0 Å². The van der Waals surface area contributed by atoms with Crippen LogP contribution in [0.15, 0.2) is 30.4 Å². The topological polar surface area (TPSA) is 26.0 Å². The Balaban J connectivity index is 2.72. The molecule has 0 saturated carbocycles. The van der Waals surface area contributed by atoms with Gasteiger partial charge in [0.05, 0.1) is 0 Å². The van der Waals surface area contributed by atoms with Crippen molar-refractivity contribution in [1.82, 2.24) is 0 Å². The summed E-state index contributed by atoms with van der Waals surface area (Å²) in [5, 5.41) is 0. The smallest absolute Gasteiger partial charge is 0.0298 e. The van der Waals surface area contributed by atoms with Crippen molar-refractivity contribution in [3.05, 3.63) is 47.0 Å². The summed E-state index contributed by atoms with van der Waals surface area (Å²) in [5.74, 6) is 0. The summed E-state index contributed by atoms with van der Waals surface area (Å²) in [6.07, 6.45) is 1.99. The van der Waals surface area contributed by atoms with Crippen LogP contribution in [0.1, 0.15) is 42.5 Å². The van der Waals surface area contributed by atoms with E-state index in [1.165, 1.54) is 22.3 Å². The van der Waals surface area contributed by atoms with Gasteiger partial charge in [-0.1, -0.05) is 34.9 Å². The van der Waals surface area contributed by atoms with Crippen LogP contribution in [0.3, 0.4) is 0 Å². The third kappa shape index (κ3) is 3.88. The number of allylic oxidation sites excluding steroid dienone is 1. The summed E-state index contributed by atoms with van der Waals surface area (Å²) in [5.41, 5.74) is 11.2. The van der Waals surface area contributed by atoms with E-state index in [2.05, 4.69) is 38.6 Å². The highest BCUT2D eigenvalue weighted by atomic mass is 14.6. The van der Waals surface area contributed by atoms with Crippen molar-refractivity contribution in [2.75, 3.05) is 0 Å². The first-order chi connectivity index (χ1) is 6.99. The largest absolute Gasteiger partial charge is 0.324 e. The predicted octanol–water partition coefficient (Wildman–Crippen LogP) is 3.66. The third-order valence-electron chi connectivity index (χ3n) is 2.55. The van der Waals surface area contributed by atoms with E-state index in [4.69, 9.17) is 5.73 Å². The molecule has 0 radical (unpaired) electrons. The van der Waals surface area contributed by atoms with Gasteiger partial charge in [0.2, 0.25) is 0 Å². The fourth-order valence-corrected chi connectivity index (χ4v) is 1.79. The molecule has 0 saturated heterocycles. The molecule has 1 unspecified atom stereocenters. The van der Waals surface area contributed by atoms with Gasteiger partial charge in [0, 0.05) is 6.04 Å². The highest BCUT2D eigenvalue weighted by molar-refractivity contribution is 5.30. The Morgan fingerprint density at radius 1 is 1.27 bits per heavy atom. The quantitative estimate of drug-likeness (QED) is 0.742. The van der Waals surface area contributed by atoms with Crippen molar-refractivity contribution in [2.45, 2.75) is 39.7 Å². The van der Waals surface area contributed by atoms with E-state index in [0.717, 1.165) is 12.8 Å². The molecule has 0 aliphatic heterocycles. The van der Waals surface area contributed by atoms with E-state index < -0.39 is 0 Å². The number of benzene rings is 1. The molecule has 0 bridgehead atoms. The fraction of sp³-hybridized carbons (Fsp3) is 0.429. The van der Waals surface area contributed by atoms with Crippen LogP contribution in [-0.2, 0) is 0 Å². The number of rotatable bonds is 4. The van der Waals surface area contributed by atoms with E-state index in [1.807, 2.05) is 6.92 Å². The van der Waals surface area contributed by atoms with E-state index >= 15 is 0 Å². The zero-order chi connectivity index (χ0) is 11.4. The van der Waals surface area contributed by atoms with Crippen LogP contribution in [0, 0.1) is 13.8 Å². The molecule has 1 nitrogen and oxygen atoms in total. The Hall–Kier alpha value is -1.08. The Morgan fingerprint density at radius 2 is 1.80 bits per heavy atom. The predicted molar refractivity (Wildman–Crippen MR) is 66.9 cm³/mol. The average Bonchev–Trinajstić information content (AvgIpc) is 2.12. The van der Waals surface area contributed by atoms with Gasteiger partial charge in [-0.15, -0.1) is 6.58 Å². The first kappa shape index (κ1) is 12.0. The SMILES string of the molecule is C=C(C)CCC(N)c1cc(C)cc(C)c1. The Morgan fingerprint density at radius 3 is 2.27 bits per heavy atom. The maximum atomic E-state index is 6.14. The lowest BCUT2D eigenvalue weighted by Gasteiger charge is -2.13. The molecule has 2 N–H and O–H groups in total. The first-order valence-corrected chi connectivity index (χ1v) is 5.47. The lowest BCUT2D eigenvalue weighted by atomic mass is 9.97. The Kier molecular flexibility index (Phi) is 4.10. The molecule has 0 fully saturated rings. The van der Waals surface area contributed by atoms with Gasteiger partial charge in [0.15, 0.2) is 0 Å². The molecule has 15 heavy (non-hydrogen) atoms. The van der Waals surface area contributed by atoms with E-state index in [-0.39, 0.29) is 6.04 Å². The van der Waals surface area contributed by atoms with E-state index in [9.17, 15) is 0 Å². The van der Waals surface area contributed by atoms with Crippen LogP contribution < -0.4 is 5.73 Å². The summed E-state index contributed by atoms with van der Waals surface area (Å²) >= 11 is 0. The van der Waals surface area contributed by atoms with Crippen molar-refractivity contribution >= 4 is 0 Å². The minimum absolute atomic E-state index is 0.139. The minimum atomic E-state index is 0.139. The molecular weight excluding hydrogens is 182 g/mol. The van der Waals surface area contributed by atoms with Gasteiger partial charge in [0.25, 0.3) is 0 Å². The van der Waals surface area contributed by atoms with Gasteiger partial charge in [0.1, 0.15) is 0 Å². The van der Waals surface area contributed by atoms with Crippen LogP contribution in [0.2, 0.25) is 0 Å². The molecule has 1 atom stereocenters. The van der Waals surface area contributed by atoms with E-state index in [1.54, 1.807) is 0 Å². The molecule has 1 rings (SSSR count). The van der Waals surface area contributed by atoms with Crippen LogP contribution in [0.4, 0.5) is 0 Å². The first-order valence-electron chi connectivity index (χ1n) is 5.47. The molecule has 0 aromatic heterocycles. The highest BCUT2D eigenvalue weighted by Gasteiger charge is 2.06. The van der Waals surface area contributed by atoms with Crippen molar-refractivity contribution < 1.29 is 0 Å². The second-order valence-electron chi connectivity index (χ2n) is 4.52. The number of nitrogens with two attached hydrogens (primary N) is 1. The molecule has 0 amide bonds. The Bertz CT molecular complexity index is 332. The van der Waals surface area contributed by atoms with E-state index in [0.29, 0.717) is 0 Å².